The summed E-state index contributed by atoms with van der Waals surface area (Å²) in [5, 5.41) is 11.6. The summed E-state index contributed by atoms with van der Waals surface area (Å²) < 4.78 is 15.4. The third kappa shape index (κ3) is 5.44. The maximum atomic E-state index is 12.2. The fourth-order valence-corrected chi connectivity index (χ4v) is 4.59. The van der Waals surface area contributed by atoms with Gasteiger partial charge in [0.2, 0.25) is 0 Å². The lowest BCUT2D eigenvalue weighted by atomic mass is 10.1. The average molecular weight is 455 g/mol. The van der Waals surface area contributed by atoms with Crippen molar-refractivity contribution >= 4 is 40.2 Å². The van der Waals surface area contributed by atoms with Gasteiger partial charge in [0.15, 0.2) is 24.7 Å². The van der Waals surface area contributed by atoms with Crippen molar-refractivity contribution in [3.63, 3.8) is 0 Å². The molecule has 0 atom stereocenters. The Morgan fingerprint density at radius 1 is 1.28 bits per heavy atom. The summed E-state index contributed by atoms with van der Waals surface area (Å²) >= 11 is 1.33. The van der Waals surface area contributed by atoms with Crippen LogP contribution in [0.1, 0.15) is 32.8 Å². The number of benzene rings is 1. The molecule has 0 aliphatic heterocycles. The maximum absolute atomic E-state index is 12.2. The standard InChI is InChI=1S/C22H21N3O6S/c1-29-16-11-13(5-7-15(16)30-10-9-23)6-8-19(27)31-12-18(26)25-22-20(21(24)28)14-3-2-4-17(14)32-22/h5-8,11H,2-4,10,12H2,1H3,(H2,24,28)(H,25,26). The van der Waals surface area contributed by atoms with Crippen LogP contribution in [0.15, 0.2) is 24.3 Å². The molecule has 0 saturated carbocycles. The molecular weight excluding hydrogens is 434 g/mol. The summed E-state index contributed by atoms with van der Waals surface area (Å²) in [6, 6.07) is 6.79. The van der Waals surface area contributed by atoms with Crippen molar-refractivity contribution in [1.29, 1.82) is 5.26 Å². The lowest BCUT2D eigenvalue weighted by Crippen LogP contribution is -2.22. The SMILES string of the molecule is COc1cc(C=CC(=O)OCC(=O)Nc2sc3c(c2C(N)=O)CCC3)ccc1OCC#N. The van der Waals surface area contributed by atoms with Crippen LogP contribution in [0.4, 0.5) is 5.00 Å². The highest BCUT2D eigenvalue weighted by Crippen LogP contribution is 2.38. The molecule has 32 heavy (non-hydrogen) atoms. The number of nitrogens with zero attached hydrogens (tertiary/aromatic N) is 1. The summed E-state index contributed by atoms with van der Waals surface area (Å²) in [6.07, 6.45) is 5.24. The summed E-state index contributed by atoms with van der Waals surface area (Å²) in [5.41, 5.74) is 7.35. The molecule has 1 heterocycles. The number of carbonyl (C=O) groups is 3. The van der Waals surface area contributed by atoms with Crippen LogP contribution in [0.3, 0.4) is 0 Å². The Labute approximate surface area is 188 Å². The van der Waals surface area contributed by atoms with Crippen LogP contribution in [0.5, 0.6) is 11.5 Å². The van der Waals surface area contributed by atoms with Crippen molar-refractivity contribution in [3.8, 4) is 17.6 Å². The lowest BCUT2D eigenvalue weighted by molar-refractivity contribution is -0.142. The zero-order valence-electron chi connectivity index (χ0n) is 17.3. The number of nitriles is 1. The van der Waals surface area contributed by atoms with Gasteiger partial charge < -0.3 is 25.3 Å². The third-order valence-electron chi connectivity index (χ3n) is 4.66. The van der Waals surface area contributed by atoms with Crippen LogP contribution in [-0.4, -0.2) is 38.1 Å². The Hall–Kier alpha value is -3.84. The van der Waals surface area contributed by atoms with E-state index in [4.69, 9.17) is 25.2 Å². The van der Waals surface area contributed by atoms with Crippen molar-refractivity contribution in [2.45, 2.75) is 19.3 Å². The smallest absolute Gasteiger partial charge is 0.331 e. The highest BCUT2D eigenvalue weighted by molar-refractivity contribution is 7.17. The lowest BCUT2D eigenvalue weighted by Gasteiger charge is -2.08. The van der Waals surface area contributed by atoms with Gasteiger partial charge in [-0.05, 0) is 48.6 Å². The van der Waals surface area contributed by atoms with Gasteiger partial charge in [0.1, 0.15) is 11.1 Å². The number of nitrogens with two attached hydrogens (primary N) is 1. The number of hydrogen-bond donors (Lipinski definition) is 2. The monoisotopic (exact) mass is 455 g/mol. The van der Waals surface area contributed by atoms with Gasteiger partial charge in [0, 0.05) is 11.0 Å². The largest absolute Gasteiger partial charge is 0.493 e. The van der Waals surface area contributed by atoms with Crippen LogP contribution in [-0.2, 0) is 27.2 Å². The molecule has 0 radical (unpaired) electrons. The Morgan fingerprint density at radius 3 is 2.81 bits per heavy atom. The Morgan fingerprint density at radius 2 is 2.09 bits per heavy atom. The van der Waals surface area contributed by atoms with Crippen molar-refractivity contribution < 1.29 is 28.6 Å². The molecule has 1 aliphatic carbocycles. The molecule has 0 bridgehead atoms. The van der Waals surface area contributed by atoms with E-state index < -0.39 is 24.4 Å². The van der Waals surface area contributed by atoms with E-state index in [1.165, 1.54) is 30.6 Å². The number of esters is 1. The topological polar surface area (TPSA) is 141 Å². The first-order valence-electron chi connectivity index (χ1n) is 9.69. The number of ether oxygens (including phenoxy) is 3. The number of nitrogens with one attached hydrogen (secondary N) is 1. The van der Waals surface area contributed by atoms with E-state index in [2.05, 4.69) is 5.32 Å². The summed E-state index contributed by atoms with van der Waals surface area (Å²) in [4.78, 5) is 37.0. The molecular formula is C22H21N3O6S. The van der Waals surface area contributed by atoms with Gasteiger partial charge >= 0.3 is 5.97 Å². The van der Waals surface area contributed by atoms with Gasteiger partial charge in [-0.25, -0.2) is 4.79 Å². The molecule has 0 saturated heterocycles. The molecule has 10 heteroatoms. The van der Waals surface area contributed by atoms with E-state index in [1.807, 2.05) is 6.07 Å². The quantitative estimate of drug-likeness (QED) is 0.437. The molecule has 2 aromatic rings. The van der Waals surface area contributed by atoms with Gasteiger partial charge in [-0.15, -0.1) is 11.3 Å². The van der Waals surface area contributed by atoms with Gasteiger partial charge in [0.25, 0.3) is 11.8 Å². The van der Waals surface area contributed by atoms with E-state index in [-0.39, 0.29) is 6.61 Å². The number of methoxy groups -OCH3 is 1. The first kappa shape index (κ1) is 22.8. The second-order valence-electron chi connectivity index (χ2n) is 6.77. The normalized spacial score (nSPS) is 12.1. The molecule has 9 nitrogen and oxygen atoms in total. The highest BCUT2D eigenvalue weighted by Gasteiger charge is 2.26. The number of rotatable bonds is 9. The number of primary amides is 1. The van der Waals surface area contributed by atoms with Crippen molar-refractivity contribution in [2.24, 2.45) is 5.73 Å². The average Bonchev–Trinajstić information content (AvgIpc) is 3.35. The van der Waals surface area contributed by atoms with E-state index in [0.29, 0.717) is 27.6 Å². The van der Waals surface area contributed by atoms with Crippen LogP contribution in [0, 0.1) is 11.3 Å². The summed E-state index contributed by atoms with van der Waals surface area (Å²) in [7, 11) is 1.46. The zero-order chi connectivity index (χ0) is 23.1. The molecule has 0 fully saturated rings. The predicted octanol–water partition coefficient (Wildman–Crippen LogP) is 2.44. The zero-order valence-corrected chi connectivity index (χ0v) is 18.1. The number of fused-ring (bicyclic) bond motifs is 1. The second kappa shape index (κ2) is 10.5. The fraction of sp³-hybridized carbons (Fsp3) is 0.273. The maximum Gasteiger partial charge on any atom is 0.331 e. The van der Waals surface area contributed by atoms with Crippen LogP contribution in [0.25, 0.3) is 6.08 Å². The Kier molecular flexibility index (Phi) is 7.46. The Bertz CT molecular complexity index is 1120. The highest BCUT2D eigenvalue weighted by atomic mass is 32.1. The number of carbonyl (C=O) groups excluding carboxylic acids is 3. The second-order valence-corrected chi connectivity index (χ2v) is 7.88. The number of aryl methyl sites for hydroxylation is 1. The molecule has 3 rings (SSSR count). The van der Waals surface area contributed by atoms with Crippen LogP contribution in [0.2, 0.25) is 0 Å². The molecule has 1 aromatic carbocycles. The molecule has 2 amide bonds. The summed E-state index contributed by atoms with van der Waals surface area (Å²) in [6.45, 7) is -0.622. The van der Waals surface area contributed by atoms with Gasteiger partial charge in [-0.3, -0.25) is 9.59 Å². The third-order valence-corrected chi connectivity index (χ3v) is 5.87. The minimum atomic E-state index is -0.715. The van der Waals surface area contributed by atoms with E-state index in [1.54, 1.807) is 18.2 Å². The van der Waals surface area contributed by atoms with Crippen molar-refractivity contribution in [2.75, 3.05) is 25.6 Å². The summed E-state index contributed by atoms with van der Waals surface area (Å²) in [5.74, 6) is -1.05. The number of anilines is 1. The molecule has 0 spiro atoms. The first-order chi connectivity index (χ1) is 15.4. The minimum absolute atomic E-state index is 0.116. The molecule has 0 unspecified atom stereocenters. The molecule has 166 valence electrons. The first-order valence-corrected chi connectivity index (χ1v) is 10.5. The van der Waals surface area contributed by atoms with Gasteiger partial charge in [-0.1, -0.05) is 6.07 Å². The molecule has 3 N–H and O–H groups in total. The van der Waals surface area contributed by atoms with Crippen molar-refractivity contribution in [3.05, 3.63) is 45.8 Å². The van der Waals surface area contributed by atoms with Crippen LogP contribution < -0.4 is 20.5 Å². The van der Waals surface area contributed by atoms with Gasteiger partial charge in [-0.2, -0.15) is 5.26 Å². The van der Waals surface area contributed by atoms with Gasteiger partial charge in [0.05, 0.1) is 12.7 Å². The van der Waals surface area contributed by atoms with Crippen LogP contribution >= 0.6 is 11.3 Å². The van der Waals surface area contributed by atoms with Crippen molar-refractivity contribution in [1.82, 2.24) is 0 Å². The predicted molar refractivity (Wildman–Crippen MR) is 118 cm³/mol. The molecule has 1 aliphatic rings. The van der Waals surface area contributed by atoms with E-state index >= 15 is 0 Å². The fourth-order valence-electron chi connectivity index (χ4n) is 3.28. The van der Waals surface area contributed by atoms with E-state index in [9.17, 15) is 14.4 Å². The number of hydrogen-bond acceptors (Lipinski definition) is 8. The van der Waals surface area contributed by atoms with E-state index in [0.717, 1.165) is 29.7 Å². The molecule has 1 aromatic heterocycles. The number of thiophene rings is 1. The number of amides is 2. The minimum Gasteiger partial charge on any atom is -0.493 e. The Balaban J connectivity index is 1.55.